The van der Waals surface area contributed by atoms with Crippen LogP contribution in [0.25, 0.3) is 0 Å². The van der Waals surface area contributed by atoms with Crippen molar-refractivity contribution in [2.24, 2.45) is 45.3 Å². The Kier molecular flexibility index (Phi) is 6.11. The highest BCUT2D eigenvalue weighted by atomic mass is 16.3. The van der Waals surface area contributed by atoms with E-state index < -0.39 is 6.10 Å². The highest BCUT2D eigenvalue weighted by Gasteiger charge is 2.68. The lowest BCUT2D eigenvalue weighted by atomic mass is 9.35. The number of hydrogen-bond acceptors (Lipinski definition) is 2. The summed E-state index contributed by atoms with van der Waals surface area (Å²) in [6.07, 6.45) is 11.2. The third kappa shape index (κ3) is 3.33. The van der Waals surface area contributed by atoms with Crippen LogP contribution in [0.15, 0.2) is 24.3 Å². The van der Waals surface area contributed by atoms with Crippen molar-refractivity contribution >= 4 is 0 Å². The molecule has 0 aliphatic heterocycles. The van der Waals surface area contributed by atoms with Gasteiger partial charge in [-0.1, -0.05) is 58.9 Å². The van der Waals surface area contributed by atoms with Crippen LogP contribution < -0.4 is 0 Å². The lowest BCUT2D eigenvalue weighted by Gasteiger charge is -2.69. The smallest absolute Gasteiger partial charge is 0.0747 e. The fourth-order valence-corrected chi connectivity index (χ4v) is 9.98. The van der Waals surface area contributed by atoms with Gasteiger partial charge in [-0.15, -0.1) is 0 Å². The minimum absolute atomic E-state index is 0.0305. The molecule has 0 bridgehead atoms. The molecule has 0 aromatic carbocycles. The molecule has 0 unspecified atom stereocenters. The Morgan fingerprint density at radius 3 is 2.19 bits per heavy atom. The van der Waals surface area contributed by atoms with E-state index >= 15 is 0 Å². The molecule has 2 nitrogen and oxygen atoms in total. The Morgan fingerprint density at radius 2 is 1.53 bits per heavy atom. The SMILES string of the molecule is C=C(C)[C@H](O)CCC(=C)[C@H]1CC[C@]2(C)[C@@H]1CC[C@@H]1[C@@]3(C)CC[C@H](O)C(C)(C)[C@@H]3CC[C@]12C. The maximum atomic E-state index is 10.8. The van der Waals surface area contributed by atoms with Gasteiger partial charge in [-0.05, 0) is 116 Å². The van der Waals surface area contributed by atoms with Crippen molar-refractivity contribution in [3.05, 3.63) is 24.3 Å². The van der Waals surface area contributed by atoms with Gasteiger partial charge in [0.2, 0.25) is 0 Å². The predicted molar refractivity (Wildman–Crippen MR) is 134 cm³/mol. The van der Waals surface area contributed by atoms with Gasteiger partial charge in [-0.25, -0.2) is 0 Å². The van der Waals surface area contributed by atoms with E-state index in [0.717, 1.165) is 36.7 Å². The van der Waals surface area contributed by atoms with Crippen LogP contribution in [0.1, 0.15) is 106 Å². The van der Waals surface area contributed by atoms with Crippen LogP contribution in [0.2, 0.25) is 0 Å². The topological polar surface area (TPSA) is 40.5 Å². The molecule has 0 aromatic rings. The summed E-state index contributed by atoms with van der Waals surface area (Å²) < 4.78 is 0. The summed E-state index contributed by atoms with van der Waals surface area (Å²) in [7, 11) is 0. The zero-order chi connectivity index (χ0) is 23.7. The quantitative estimate of drug-likeness (QED) is 0.438. The molecular weight excluding hydrogens is 392 g/mol. The zero-order valence-corrected chi connectivity index (χ0v) is 21.8. The van der Waals surface area contributed by atoms with Gasteiger partial charge in [0.15, 0.2) is 0 Å². The van der Waals surface area contributed by atoms with Crippen LogP contribution in [-0.2, 0) is 0 Å². The first-order valence-corrected chi connectivity index (χ1v) is 13.5. The minimum atomic E-state index is -0.395. The molecular formula is C30H50O2. The van der Waals surface area contributed by atoms with E-state index in [4.69, 9.17) is 0 Å². The van der Waals surface area contributed by atoms with Gasteiger partial charge in [0.1, 0.15) is 0 Å². The summed E-state index contributed by atoms with van der Waals surface area (Å²) in [4.78, 5) is 0. The predicted octanol–water partition coefficient (Wildman–Crippen LogP) is 7.31. The first-order valence-electron chi connectivity index (χ1n) is 13.5. The van der Waals surface area contributed by atoms with E-state index in [1.54, 1.807) is 0 Å². The van der Waals surface area contributed by atoms with Gasteiger partial charge >= 0.3 is 0 Å². The van der Waals surface area contributed by atoms with Crippen LogP contribution in [0.5, 0.6) is 0 Å². The van der Waals surface area contributed by atoms with E-state index in [0.29, 0.717) is 28.1 Å². The number of hydrogen-bond donors (Lipinski definition) is 2. The molecule has 0 radical (unpaired) electrons. The molecule has 9 atom stereocenters. The van der Waals surface area contributed by atoms with E-state index in [1.807, 2.05) is 6.92 Å². The molecule has 0 heterocycles. The normalized spacial score (nSPS) is 48.3. The molecule has 0 spiro atoms. The molecule has 4 rings (SSSR count). The summed E-state index contributed by atoms with van der Waals surface area (Å²) in [5.41, 5.74) is 3.39. The Hall–Kier alpha value is -0.600. The summed E-state index contributed by atoms with van der Waals surface area (Å²) in [6, 6.07) is 0. The van der Waals surface area contributed by atoms with Crippen molar-refractivity contribution in [1.29, 1.82) is 0 Å². The summed E-state index contributed by atoms with van der Waals surface area (Å²) in [5.74, 6) is 2.75. The van der Waals surface area contributed by atoms with Crippen molar-refractivity contribution in [2.45, 2.75) is 118 Å². The molecule has 4 aliphatic carbocycles. The number of aliphatic hydroxyl groups is 2. The summed E-state index contributed by atoms with van der Waals surface area (Å²) in [5, 5.41) is 21.1. The van der Waals surface area contributed by atoms with Crippen LogP contribution in [-0.4, -0.2) is 22.4 Å². The second-order valence-electron chi connectivity index (χ2n) is 13.7. The minimum Gasteiger partial charge on any atom is -0.393 e. The molecule has 4 saturated carbocycles. The van der Waals surface area contributed by atoms with Gasteiger partial charge in [0.05, 0.1) is 12.2 Å². The molecule has 182 valence electrons. The van der Waals surface area contributed by atoms with Gasteiger partial charge in [-0.2, -0.15) is 0 Å². The van der Waals surface area contributed by atoms with Crippen LogP contribution >= 0.6 is 0 Å². The van der Waals surface area contributed by atoms with Crippen LogP contribution in [0.3, 0.4) is 0 Å². The number of aliphatic hydroxyl groups excluding tert-OH is 2. The monoisotopic (exact) mass is 442 g/mol. The average Bonchev–Trinajstić information content (AvgIpc) is 3.07. The van der Waals surface area contributed by atoms with Crippen LogP contribution in [0.4, 0.5) is 0 Å². The van der Waals surface area contributed by atoms with E-state index in [-0.39, 0.29) is 11.5 Å². The first-order chi connectivity index (χ1) is 14.8. The molecule has 4 fully saturated rings. The van der Waals surface area contributed by atoms with Crippen molar-refractivity contribution in [3.63, 3.8) is 0 Å². The van der Waals surface area contributed by atoms with Gasteiger partial charge in [0, 0.05) is 0 Å². The first kappa shape index (κ1) is 24.5. The highest BCUT2D eigenvalue weighted by Crippen LogP contribution is 2.75. The Morgan fingerprint density at radius 1 is 0.875 bits per heavy atom. The van der Waals surface area contributed by atoms with E-state index in [1.165, 1.54) is 50.5 Å². The Labute approximate surface area is 198 Å². The maximum Gasteiger partial charge on any atom is 0.0747 e. The second kappa shape index (κ2) is 7.98. The molecule has 2 N–H and O–H groups in total. The molecule has 0 aromatic heterocycles. The van der Waals surface area contributed by atoms with Gasteiger partial charge < -0.3 is 10.2 Å². The molecule has 4 aliphatic rings. The highest BCUT2D eigenvalue weighted by molar-refractivity contribution is 5.20. The standard InChI is InChI=1S/C30H50O2/c1-19(2)23(31)11-9-20(3)21-13-17-29(7)22(21)10-12-25-28(6)16-15-26(32)27(4,5)24(28)14-18-30(25,29)8/h21-26,31-32H,1,3,9-18H2,2,4-8H3/t21-,22-,23-,24+,25-,26+,28+,29-,30-/m1/s1. The lowest BCUT2D eigenvalue weighted by Crippen LogP contribution is -2.63. The van der Waals surface area contributed by atoms with Gasteiger partial charge in [-0.3, -0.25) is 0 Å². The molecule has 32 heavy (non-hydrogen) atoms. The zero-order valence-electron chi connectivity index (χ0n) is 21.8. The fourth-order valence-electron chi connectivity index (χ4n) is 9.98. The molecule has 2 heteroatoms. The van der Waals surface area contributed by atoms with Gasteiger partial charge in [0.25, 0.3) is 0 Å². The van der Waals surface area contributed by atoms with Crippen molar-refractivity contribution in [2.75, 3.05) is 0 Å². The number of allylic oxidation sites excluding steroid dienone is 1. The van der Waals surface area contributed by atoms with Crippen molar-refractivity contribution < 1.29 is 10.2 Å². The third-order valence-electron chi connectivity index (χ3n) is 12.2. The fraction of sp³-hybridized carbons (Fsp3) is 0.867. The molecule has 0 amide bonds. The summed E-state index contributed by atoms with van der Waals surface area (Å²) >= 11 is 0. The lowest BCUT2D eigenvalue weighted by molar-refractivity contribution is -0.220. The second-order valence-corrected chi connectivity index (χ2v) is 13.7. The number of fused-ring (bicyclic) bond motifs is 5. The maximum absolute atomic E-state index is 10.8. The molecule has 0 saturated heterocycles. The van der Waals surface area contributed by atoms with Crippen LogP contribution in [0, 0.1) is 45.3 Å². The largest absolute Gasteiger partial charge is 0.393 e. The third-order valence-corrected chi connectivity index (χ3v) is 12.2. The Bertz CT molecular complexity index is 767. The number of rotatable bonds is 5. The van der Waals surface area contributed by atoms with Crippen molar-refractivity contribution in [1.82, 2.24) is 0 Å². The summed E-state index contributed by atoms with van der Waals surface area (Å²) in [6.45, 7) is 23.0. The van der Waals surface area contributed by atoms with Crippen molar-refractivity contribution in [3.8, 4) is 0 Å². The van der Waals surface area contributed by atoms with E-state index in [9.17, 15) is 10.2 Å². The van der Waals surface area contributed by atoms with E-state index in [2.05, 4.69) is 47.8 Å². The average molecular weight is 443 g/mol. The Balaban J connectivity index is 1.57.